The summed E-state index contributed by atoms with van der Waals surface area (Å²) in [5.74, 6) is -2.27. The molecule has 0 bridgehead atoms. The molecule has 1 aliphatic rings. The van der Waals surface area contributed by atoms with E-state index in [0.29, 0.717) is 11.3 Å². The highest BCUT2D eigenvalue weighted by Gasteiger charge is 2.33. The molecule has 4 rings (SSSR count). The first-order valence-corrected chi connectivity index (χ1v) is 11.8. The number of piperazine rings is 1. The summed E-state index contributed by atoms with van der Waals surface area (Å²) in [5.41, 5.74) is 0.299. The number of halogens is 3. The lowest BCUT2D eigenvalue weighted by atomic mass is 10.2. The number of rotatable bonds is 7. The largest absolute Gasteiger partial charge is 0.482 e. The summed E-state index contributed by atoms with van der Waals surface area (Å²) in [4.78, 5) is 13.2. The van der Waals surface area contributed by atoms with Crippen LogP contribution in [0.2, 0.25) is 0 Å². The monoisotopic (exact) mass is 494 g/mol. The molecule has 180 valence electrons. The highest BCUT2D eigenvalue weighted by Crippen LogP contribution is 2.24. The van der Waals surface area contributed by atoms with Crippen LogP contribution in [0.25, 0.3) is 0 Å². The van der Waals surface area contributed by atoms with E-state index in [0.717, 1.165) is 22.5 Å². The molecule has 1 aliphatic heterocycles. The van der Waals surface area contributed by atoms with Gasteiger partial charge < -0.3 is 9.15 Å². The molecule has 2 heterocycles. The van der Waals surface area contributed by atoms with Crippen LogP contribution in [0.15, 0.2) is 68.9 Å². The standard InChI is InChI=1S/C23H21F3N2O5S/c24-17-6-4-16(5-7-17)14-33-22-15-32-18(12-21(22)29)13-27-8-10-28(11-9-27)34(30,31)23-19(25)2-1-3-20(23)26/h1-7,12,15H,8-11,13-14H2. The average Bonchev–Trinajstić information content (AvgIpc) is 2.80. The third kappa shape index (κ3) is 5.32. The summed E-state index contributed by atoms with van der Waals surface area (Å²) < 4.78 is 78.3. The Hall–Kier alpha value is -3.15. The predicted molar refractivity (Wildman–Crippen MR) is 116 cm³/mol. The van der Waals surface area contributed by atoms with E-state index >= 15 is 0 Å². The van der Waals surface area contributed by atoms with Crippen molar-refractivity contribution in [2.24, 2.45) is 0 Å². The average molecular weight is 494 g/mol. The minimum Gasteiger partial charge on any atom is -0.482 e. The molecular weight excluding hydrogens is 473 g/mol. The van der Waals surface area contributed by atoms with E-state index in [2.05, 4.69) is 0 Å². The fraction of sp³-hybridized carbons (Fsp3) is 0.261. The van der Waals surface area contributed by atoms with Crippen molar-refractivity contribution >= 4 is 10.0 Å². The molecule has 1 saturated heterocycles. The molecule has 0 radical (unpaired) electrons. The summed E-state index contributed by atoms with van der Waals surface area (Å²) in [6.07, 6.45) is 1.20. The maximum atomic E-state index is 14.0. The van der Waals surface area contributed by atoms with E-state index in [1.54, 1.807) is 12.1 Å². The number of nitrogens with zero attached hydrogens (tertiary/aromatic N) is 2. The lowest BCUT2D eigenvalue weighted by molar-refractivity contribution is 0.168. The quantitative estimate of drug-likeness (QED) is 0.502. The molecule has 0 aliphatic carbocycles. The van der Waals surface area contributed by atoms with Gasteiger partial charge >= 0.3 is 0 Å². The summed E-state index contributed by atoms with van der Waals surface area (Å²) in [7, 11) is -4.32. The maximum Gasteiger partial charge on any atom is 0.249 e. The van der Waals surface area contributed by atoms with Crippen molar-refractivity contribution in [2.75, 3.05) is 26.2 Å². The minimum atomic E-state index is -4.32. The van der Waals surface area contributed by atoms with Crippen LogP contribution in [0.1, 0.15) is 11.3 Å². The van der Waals surface area contributed by atoms with Gasteiger partial charge in [0.1, 0.15) is 36.1 Å². The van der Waals surface area contributed by atoms with Gasteiger partial charge in [-0.3, -0.25) is 9.69 Å². The molecule has 2 aromatic carbocycles. The fourth-order valence-electron chi connectivity index (χ4n) is 3.57. The Morgan fingerprint density at radius 3 is 2.21 bits per heavy atom. The number of ether oxygens (including phenoxy) is 1. The van der Waals surface area contributed by atoms with Gasteiger partial charge in [-0.2, -0.15) is 4.31 Å². The topological polar surface area (TPSA) is 80.1 Å². The molecule has 7 nitrogen and oxygen atoms in total. The van der Waals surface area contributed by atoms with Crippen LogP contribution in [0.5, 0.6) is 5.75 Å². The summed E-state index contributed by atoms with van der Waals surface area (Å²) in [5, 5.41) is 0. The second-order valence-electron chi connectivity index (χ2n) is 7.72. The zero-order valence-corrected chi connectivity index (χ0v) is 18.7. The van der Waals surface area contributed by atoms with Gasteiger partial charge in [0.15, 0.2) is 4.90 Å². The number of hydrogen-bond acceptors (Lipinski definition) is 6. The normalized spacial score (nSPS) is 15.4. The van der Waals surface area contributed by atoms with Gasteiger partial charge in [0.2, 0.25) is 21.2 Å². The number of benzene rings is 2. The van der Waals surface area contributed by atoms with Gasteiger partial charge in [-0.25, -0.2) is 21.6 Å². The summed E-state index contributed by atoms with van der Waals surface area (Å²) in [6, 6.07) is 9.89. The predicted octanol–water partition coefficient (Wildman–Crippen LogP) is 3.14. The van der Waals surface area contributed by atoms with Crippen molar-refractivity contribution in [3.63, 3.8) is 0 Å². The Bertz CT molecular complexity index is 1300. The van der Waals surface area contributed by atoms with Crippen LogP contribution in [-0.2, 0) is 23.2 Å². The van der Waals surface area contributed by atoms with Crippen LogP contribution in [-0.4, -0.2) is 43.8 Å². The molecule has 0 spiro atoms. The third-order valence-electron chi connectivity index (χ3n) is 5.39. The Morgan fingerprint density at radius 2 is 1.59 bits per heavy atom. The van der Waals surface area contributed by atoms with Crippen molar-refractivity contribution < 1.29 is 30.7 Å². The fourth-order valence-corrected chi connectivity index (χ4v) is 5.11. The SMILES string of the molecule is O=c1cc(CN2CCN(S(=O)(=O)c3c(F)cccc3F)CC2)occ1OCc1ccc(F)cc1. The van der Waals surface area contributed by atoms with E-state index < -0.39 is 26.6 Å². The first-order chi connectivity index (χ1) is 16.2. The summed E-state index contributed by atoms with van der Waals surface area (Å²) in [6.45, 7) is 0.931. The van der Waals surface area contributed by atoms with Crippen LogP contribution in [0.3, 0.4) is 0 Å². The molecule has 11 heteroatoms. The van der Waals surface area contributed by atoms with Crippen molar-refractivity contribution in [1.82, 2.24) is 9.21 Å². The van der Waals surface area contributed by atoms with E-state index in [-0.39, 0.29) is 56.3 Å². The zero-order chi connectivity index (χ0) is 24.3. The van der Waals surface area contributed by atoms with E-state index in [1.165, 1.54) is 24.5 Å². The van der Waals surface area contributed by atoms with Gasteiger partial charge in [0.05, 0.1) is 6.54 Å². The van der Waals surface area contributed by atoms with Crippen LogP contribution < -0.4 is 10.2 Å². The first-order valence-electron chi connectivity index (χ1n) is 10.4. The van der Waals surface area contributed by atoms with Gasteiger partial charge in [0.25, 0.3) is 0 Å². The van der Waals surface area contributed by atoms with Crippen LogP contribution >= 0.6 is 0 Å². The van der Waals surface area contributed by atoms with Crippen LogP contribution in [0.4, 0.5) is 13.2 Å². The molecule has 0 unspecified atom stereocenters. The molecule has 0 saturated carbocycles. The van der Waals surface area contributed by atoms with E-state index in [4.69, 9.17) is 9.15 Å². The Morgan fingerprint density at radius 1 is 0.941 bits per heavy atom. The maximum absolute atomic E-state index is 14.0. The van der Waals surface area contributed by atoms with E-state index in [1.807, 2.05) is 4.90 Å². The van der Waals surface area contributed by atoms with Crippen molar-refractivity contribution in [2.45, 2.75) is 18.0 Å². The highest BCUT2D eigenvalue weighted by molar-refractivity contribution is 7.89. The smallest absolute Gasteiger partial charge is 0.249 e. The second-order valence-corrected chi connectivity index (χ2v) is 9.60. The zero-order valence-electron chi connectivity index (χ0n) is 17.9. The molecule has 1 aromatic heterocycles. The molecule has 0 amide bonds. The first kappa shape index (κ1) is 24.0. The molecule has 3 aromatic rings. The van der Waals surface area contributed by atoms with Crippen LogP contribution in [0, 0.1) is 17.5 Å². The molecule has 0 N–H and O–H groups in total. The molecule has 0 atom stereocenters. The Balaban J connectivity index is 1.34. The molecular formula is C23H21F3N2O5S. The minimum absolute atomic E-state index is 0.0101. The Labute approximate surface area is 194 Å². The molecule has 34 heavy (non-hydrogen) atoms. The Kier molecular flexibility index (Phi) is 7.05. The van der Waals surface area contributed by atoms with Gasteiger partial charge in [-0.05, 0) is 29.8 Å². The number of hydrogen-bond donors (Lipinski definition) is 0. The lowest BCUT2D eigenvalue weighted by Gasteiger charge is -2.33. The summed E-state index contributed by atoms with van der Waals surface area (Å²) >= 11 is 0. The second kappa shape index (κ2) is 10.00. The van der Waals surface area contributed by atoms with E-state index in [9.17, 15) is 26.4 Å². The lowest BCUT2D eigenvalue weighted by Crippen LogP contribution is -2.48. The van der Waals surface area contributed by atoms with Gasteiger partial charge in [-0.15, -0.1) is 0 Å². The third-order valence-corrected chi connectivity index (χ3v) is 7.34. The highest BCUT2D eigenvalue weighted by atomic mass is 32.2. The van der Waals surface area contributed by atoms with Gasteiger partial charge in [0, 0.05) is 32.2 Å². The van der Waals surface area contributed by atoms with Crippen molar-refractivity contribution in [3.05, 3.63) is 93.8 Å². The van der Waals surface area contributed by atoms with Gasteiger partial charge in [-0.1, -0.05) is 18.2 Å². The number of sulfonamides is 1. The van der Waals surface area contributed by atoms with Crippen molar-refractivity contribution in [1.29, 1.82) is 0 Å². The molecule has 1 fully saturated rings. The van der Waals surface area contributed by atoms with Crippen molar-refractivity contribution in [3.8, 4) is 5.75 Å².